The van der Waals surface area contributed by atoms with E-state index in [2.05, 4.69) is 31.3 Å². The zero-order chi connectivity index (χ0) is 12.5. The average Bonchev–Trinajstić information content (AvgIpc) is 3.05. The second kappa shape index (κ2) is 12.9. The summed E-state index contributed by atoms with van der Waals surface area (Å²) < 4.78 is 0. The summed E-state index contributed by atoms with van der Waals surface area (Å²) in [5.41, 5.74) is 0. The predicted octanol–water partition coefficient (Wildman–Crippen LogP) is 0.621. The van der Waals surface area contributed by atoms with Gasteiger partial charge in [-0.2, -0.15) is 0 Å². The zero-order valence-electron chi connectivity index (χ0n) is 11.2. The number of hydrogen-bond donors (Lipinski definition) is 4. The van der Waals surface area contributed by atoms with Gasteiger partial charge in [0.05, 0.1) is 13.1 Å². The molecule has 20 heavy (non-hydrogen) atoms. The number of hydrogen-bond acceptors (Lipinski definition) is 8. The summed E-state index contributed by atoms with van der Waals surface area (Å²) in [6, 6.07) is 0. The largest absolute Gasteiger partial charge is 0.356 e. The van der Waals surface area contributed by atoms with E-state index in [4.69, 9.17) is 0 Å². The van der Waals surface area contributed by atoms with Crippen molar-refractivity contribution in [2.24, 2.45) is 9.98 Å². The van der Waals surface area contributed by atoms with Gasteiger partial charge in [-0.1, -0.05) is 21.6 Å². The van der Waals surface area contributed by atoms with Crippen molar-refractivity contribution >= 4 is 67.5 Å². The van der Waals surface area contributed by atoms with Crippen molar-refractivity contribution < 1.29 is 0 Å². The van der Waals surface area contributed by atoms with Gasteiger partial charge in [-0.05, 0) is 0 Å². The van der Waals surface area contributed by atoms with E-state index in [1.54, 1.807) is 0 Å². The third-order valence-corrected chi connectivity index (χ3v) is 4.80. The fourth-order valence-electron chi connectivity index (χ4n) is 1.57. The van der Waals surface area contributed by atoms with E-state index in [1.165, 1.54) is 0 Å². The van der Waals surface area contributed by atoms with Crippen molar-refractivity contribution in [3.8, 4) is 0 Å². The quantitative estimate of drug-likeness (QED) is 0.337. The van der Waals surface area contributed by atoms with Gasteiger partial charge in [0.2, 0.25) is 0 Å². The molecule has 0 unspecified atom stereocenters. The molecule has 0 spiro atoms. The molecule has 2 aliphatic rings. The summed E-state index contributed by atoms with van der Waals surface area (Å²) in [6.45, 7) is 5.65. The Bertz CT molecular complexity index is 286. The van der Waals surface area contributed by atoms with Gasteiger partial charge in [0.25, 0.3) is 0 Å². The van der Waals surface area contributed by atoms with Gasteiger partial charge in [-0.25, -0.2) is 0 Å². The Balaban J connectivity index is 0.00000180. The smallest absolute Gasteiger partial charge is 0.191 e. The van der Waals surface area contributed by atoms with Gasteiger partial charge in [0, 0.05) is 37.7 Å². The molecule has 0 atom stereocenters. The van der Waals surface area contributed by atoms with E-state index >= 15 is 0 Å². The van der Waals surface area contributed by atoms with E-state index in [0.29, 0.717) is 0 Å². The van der Waals surface area contributed by atoms with Crippen molar-refractivity contribution in [3.05, 3.63) is 0 Å². The number of guanidine groups is 2. The summed E-state index contributed by atoms with van der Waals surface area (Å²) >= 11 is 0. The molecular weight excluding hydrogens is 428 g/mol. The van der Waals surface area contributed by atoms with Crippen LogP contribution in [0.1, 0.15) is 0 Å². The maximum absolute atomic E-state index is 4.28. The number of nitrogens with one attached hydrogen (secondary N) is 4. The van der Waals surface area contributed by atoms with E-state index < -0.39 is 0 Å². The van der Waals surface area contributed by atoms with Gasteiger partial charge in [-0.3, -0.25) is 9.98 Å². The lowest BCUT2D eigenvalue weighted by molar-refractivity contribution is 0.903. The maximum atomic E-state index is 4.28. The zero-order valence-corrected chi connectivity index (χ0v) is 16.2. The topological polar surface area (TPSA) is 72.8 Å². The monoisotopic (exact) mass is 448 g/mol. The number of halogens is 2. The van der Waals surface area contributed by atoms with Gasteiger partial charge in [0.15, 0.2) is 11.9 Å². The third-order valence-electron chi connectivity index (χ3n) is 2.39. The van der Waals surface area contributed by atoms with E-state index in [9.17, 15) is 0 Å². The molecule has 0 radical (unpaired) electrons. The predicted molar refractivity (Wildman–Crippen MR) is 102 cm³/mol. The molecule has 0 saturated heterocycles. The van der Waals surface area contributed by atoms with Crippen LogP contribution in [0.4, 0.5) is 0 Å². The highest BCUT2D eigenvalue weighted by Crippen LogP contribution is 2.19. The summed E-state index contributed by atoms with van der Waals surface area (Å²) in [7, 11) is 3.78. The SMILES string of the molecule is Br.Br.C1CNC(NCCSSCCNC2=NCCN2)=N1. The Kier molecular flexibility index (Phi) is 13.0. The van der Waals surface area contributed by atoms with Gasteiger partial charge >= 0.3 is 0 Å². The highest BCUT2D eigenvalue weighted by atomic mass is 79.9. The van der Waals surface area contributed by atoms with Crippen LogP contribution in [0, 0.1) is 0 Å². The number of aliphatic imine (C=N–C) groups is 2. The van der Waals surface area contributed by atoms with E-state index in [-0.39, 0.29) is 34.0 Å². The molecule has 2 aliphatic heterocycles. The van der Waals surface area contributed by atoms with Gasteiger partial charge in [-0.15, -0.1) is 34.0 Å². The van der Waals surface area contributed by atoms with Crippen molar-refractivity contribution in [1.29, 1.82) is 0 Å². The molecule has 0 fully saturated rings. The van der Waals surface area contributed by atoms with Crippen LogP contribution in [0.25, 0.3) is 0 Å². The van der Waals surface area contributed by atoms with Crippen LogP contribution < -0.4 is 21.3 Å². The van der Waals surface area contributed by atoms with Crippen LogP contribution in [-0.4, -0.2) is 62.7 Å². The molecule has 2 rings (SSSR count). The molecule has 0 bridgehead atoms. The standard InChI is InChI=1S/C10H20N6S2.2BrH/c1-2-12-9(11-1)15-5-7-17-18-8-6-16-10-13-3-4-14-10;;/h1-8H2,(H2,11,12,15)(H2,13,14,16);2*1H. The van der Waals surface area contributed by atoms with Crippen LogP contribution in [0.15, 0.2) is 9.98 Å². The lowest BCUT2D eigenvalue weighted by Crippen LogP contribution is -2.35. The summed E-state index contributed by atoms with van der Waals surface area (Å²) in [4.78, 5) is 8.55. The first-order chi connectivity index (χ1) is 8.95. The fraction of sp³-hybridized carbons (Fsp3) is 0.800. The van der Waals surface area contributed by atoms with E-state index in [0.717, 1.165) is 62.7 Å². The van der Waals surface area contributed by atoms with Crippen LogP contribution in [0.2, 0.25) is 0 Å². The first kappa shape index (κ1) is 20.2. The van der Waals surface area contributed by atoms with Crippen LogP contribution in [-0.2, 0) is 0 Å². The third kappa shape index (κ3) is 8.48. The molecule has 2 heterocycles. The molecule has 0 aromatic rings. The molecule has 0 aromatic carbocycles. The summed E-state index contributed by atoms with van der Waals surface area (Å²) in [5.74, 6) is 4.08. The molecule has 6 nitrogen and oxygen atoms in total. The first-order valence-electron chi connectivity index (χ1n) is 6.24. The second-order valence-corrected chi connectivity index (χ2v) is 6.51. The summed E-state index contributed by atoms with van der Waals surface area (Å²) in [5, 5.41) is 12.9. The molecular formula is C10H22Br2N6S2. The molecule has 4 N–H and O–H groups in total. The molecule has 10 heteroatoms. The lowest BCUT2D eigenvalue weighted by Gasteiger charge is -2.07. The normalized spacial score (nSPS) is 16.0. The molecule has 118 valence electrons. The highest BCUT2D eigenvalue weighted by Gasteiger charge is 2.03. The minimum atomic E-state index is 0. The molecule has 0 aromatic heterocycles. The van der Waals surface area contributed by atoms with Crippen molar-refractivity contribution in [1.82, 2.24) is 21.3 Å². The average molecular weight is 450 g/mol. The Morgan fingerprint density at radius 1 is 0.850 bits per heavy atom. The number of rotatable bonds is 7. The Morgan fingerprint density at radius 2 is 1.30 bits per heavy atom. The Labute approximate surface area is 149 Å². The number of nitrogens with zero attached hydrogens (tertiary/aromatic N) is 2. The lowest BCUT2D eigenvalue weighted by atomic mass is 10.7. The van der Waals surface area contributed by atoms with Crippen molar-refractivity contribution in [2.45, 2.75) is 0 Å². The minimum absolute atomic E-state index is 0. The molecule has 0 amide bonds. The first-order valence-corrected chi connectivity index (χ1v) is 8.73. The van der Waals surface area contributed by atoms with Crippen LogP contribution in [0.5, 0.6) is 0 Å². The maximum Gasteiger partial charge on any atom is 0.191 e. The van der Waals surface area contributed by atoms with Crippen LogP contribution >= 0.6 is 55.6 Å². The summed E-state index contributed by atoms with van der Waals surface area (Å²) in [6.07, 6.45) is 0. The van der Waals surface area contributed by atoms with Crippen molar-refractivity contribution in [3.63, 3.8) is 0 Å². The van der Waals surface area contributed by atoms with Gasteiger partial charge in [0.1, 0.15) is 0 Å². The second-order valence-electron chi connectivity index (χ2n) is 3.81. The fourth-order valence-corrected chi connectivity index (χ4v) is 3.39. The highest BCUT2D eigenvalue weighted by molar-refractivity contribution is 8.93. The Hall–Kier alpha value is 0.200. The molecule has 0 saturated carbocycles. The van der Waals surface area contributed by atoms with E-state index in [1.807, 2.05) is 21.6 Å². The molecule has 0 aliphatic carbocycles. The minimum Gasteiger partial charge on any atom is -0.356 e. The van der Waals surface area contributed by atoms with Crippen LogP contribution in [0.3, 0.4) is 0 Å². The van der Waals surface area contributed by atoms with Gasteiger partial charge < -0.3 is 21.3 Å². The Morgan fingerprint density at radius 3 is 1.65 bits per heavy atom. The van der Waals surface area contributed by atoms with Crippen molar-refractivity contribution in [2.75, 3.05) is 50.8 Å².